The second-order valence-corrected chi connectivity index (χ2v) is 15.4. The van der Waals surface area contributed by atoms with Crippen molar-refractivity contribution < 1.29 is 9.59 Å². The molecule has 1 unspecified atom stereocenters. The van der Waals surface area contributed by atoms with E-state index in [1.54, 1.807) is 28.2 Å². The summed E-state index contributed by atoms with van der Waals surface area (Å²) >= 11 is 1.67. The molecule has 14 heteroatoms. The maximum absolute atomic E-state index is 12.2. The average Bonchev–Trinajstić information content (AvgIpc) is 3.86. The molecule has 13 nitrogen and oxygen atoms in total. The number of hydrogen-bond donors (Lipinski definition) is 3. The molecule has 1 aliphatic carbocycles. The average molecular weight is 730 g/mol. The van der Waals surface area contributed by atoms with E-state index in [-0.39, 0.29) is 17.7 Å². The molecule has 5 aromatic rings. The molecular formula is C39H43N11O2S. The number of imide groups is 1. The van der Waals surface area contributed by atoms with Gasteiger partial charge in [-0.1, -0.05) is 17.4 Å². The molecule has 0 spiro atoms. The summed E-state index contributed by atoms with van der Waals surface area (Å²) in [5.74, 6) is 1.40. The zero-order chi connectivity index (χ0) is 36.3. The van der Waals surface area contributed by atoms with Gasteiger partial charge in [-0.05, 0) is 99.7 Å². The van der Waals surface area contributed by atoms with E-state index in [9.17, 15) is 14.9 Å². The number of rotatable bonds is 10. The summed E-state index contributed by atoms with van der Waals surface area (Å²) in [5.41, 5.74) is 5.74. The zero-order valence-electron chi connectivity index (χ0n) is 29.8. The topological polar surface area (TPSA) is 166 Å². The molecule has 0 aromatic carbocycles. The van der Waals surface area contributed by atoms with Crippen LogP contribution in [0.5, 0.6) is 0 Å². The maximum atomic E-state index is 12.2. The molecule has 3 fully saturated rings. The lowest BCUT2D eigenvalue weighted by atomic mass is 9.86. The molecule has 53 heavy (non-hydrogen) atoms. The first-order valence-corrected chi connectivity index (χ1v) is 19.4. The number of aromatic nitrogens is 6. The largest absolute Gasteiger partial charge is 0.387 e. The van der Waals surface area contributed by atoms with Gasteiger partial charge in [-0.3, -0.25) is 19.9 Å². The van der Waals surface area contributed by atoms with Crippen molar-refractivity contribution in [1.82, 2.24) is 40.4 Å². The number of piperidine rings is 2. The van der Waals surface area contributed by atoms with Crippen LogP contribution in [0.25, 0.3) is 27.5 Å². The Labute approximate surface area is 312 Å². The first kappa shape index (κ1) is 34.8. The Bertz CT molecular complexity index is 2140. The second-order valence-electron chi connectivity index (χ2n) is 14.4. The van der Waals surface area contributed by atoms with Crippen molar-refractivity contribution in [3.05, 3.63) is 71.1 Å². The zero-order valence-corrected chi connectivity index (χ0v) is 30.6. The van der Waals surface area contributed by atoms with Crippen LogP contribution < -0.4 is 20.9 Å². The lowest BCUT2D eigenvalue weighted by molar-refractivity contribution is -0.134. The fourth-order valence-corrected chi connectivity index (χ4v) is 9.06. The minimum absolute atomic E-state index is 0.193. The molecule has 1 saturated carbocycles. The molecule has 3 N–H and O–H groups in total. The summed E-state index contributed by atoms with van der Waals surface area (Å²) in [6.45, 7) is 3.04. The highest BCUT2D eigenvalue weighted by molar-refractivity contribution is 7.14. The summed E-state index contributed by atoms with van der Waals surface area (Å²) in [4.78, 5) is 35.5. The maximum Gasteiger partial charge on any atom is 0.234 e. The van der Waals surface area contributed by atoms with E-state index in [1.807, 2.05) is 49.6 Å². The highest BCUT2D eigenvalue weighted by atomic mass is 32.1. The van der Waals surface area contributed by atoms with Gasteiger partial charge in [0.05, 0.1) is 40.1 Å². The Morgan fingerprint density at radius 3 is 2.57 bits per heavy atom. The van der Waals surface area contributed by atoms with Crippen LogP contribution in [0.4, 0.5) is 11.5 Å². The first-order chi connectivity index (χ1) is 25.9. The van der Waals surface area contributed by atoms with Gasteiger partial charge in [0, 0.05) is 56.6 Å². The third kappa shape index (κ3) is 7.49. The van der Waals surface area contributed by atoms with Crippen molar-refractivity contribution in [1.29, 1.82) is 5.26 Å². The Kier molecular flexibility index (Phi) is 10.1. The van der Waals surface area contributed by atoms with Crippen molar-refractivity contribution in [2.75, 3.05) is 36.9 Å². The monoisotopic (exact) mass is 729 g/mol. The molecule has 2 aliphatic heterocycles. The predicted molar refractivity (Wildman–Crippen MR) is 204 cm³/mol. The number of hydrogen-bond acceptors (Lipinski definition) is 12. The summed E-state index contributed by atoms with van der Waals surface area (Å²) in [7, 11) is 1.90. The van der Waals surface area contributed by atoms with Gasteiger partial charge in [0.1, 0.15) is 16.9 Å². The van der Waals surface area contributed by atoms with Crippen LogP contribution in [0.2, 0.25) is 0 Å². The standard InChI is InChI=1S/C39H43N11O2S/c1-41-32-19-33(34-9-7-29-18-25(20-40)21-45-50(29)34)43-23-31(32)39-48-47-38(53-39)26-2-5-28(6-3-26)42-15-12-24-13-16-49(17-14-24)35-10-4-27(22-44-35)30-8-11-36(51)46-37(30)52/h4,7,9-10,18-19,21-24,26,28,30,42H,2-3,5-6,8,11-17H2,1H3,(H,41,43)(H,46,51,52). The molecular weight excluding hydrogens is 687 g/mol. The van der Waals surface area contributed by atoms with Gasteiger partial charge in [0.15, 0.2) is 5.01 Å². The van der Waals surface area contributed by atoms with Gasteiger partial charge in [0.25, 0.3) is 0 Å². The van der Waals surface area contributed by atoms with Crippen molar-refractivity contribution in [3.63, 3.8) is 0 Å². The lowest BCUT2D eigenvalue weighted by Crippen LogP contribution is -2.39. The van der Waals surface area contributed by atoms with Crippen LogP contribution in [0.3, 0.4) is 0 Å². The summed E-state index contributed by atoms with van der Waals surface area (Å²) in [6, 6.07) is 14.4. The molecule has 272 valence electrons. The van der Waals surface area contributed by atoms with E-state index in [2.05, 4.69) is 47.2 Å². The molecule has 2 saturated heterocycles. The summed E-state index contributed by atoms with van der Waals surface area (Å²) in [5, 5.41) is 34.5. The Balaban J connectivity index is 0.786. The van der Waals surface area contributed by atoms with Gasteiger partial charge in [0.2, 0.25) is 11.8 Å². The SMILES string of the molecule is CNc1cc(-c2ccc3cc(C#N)cnn23)ncc1-c1nnc(C2CCC(NCCC3CCN(c4ccc(C5CCC(=O)NC5=O)cn4)CC3)CC2)s1. The number of anilines is 2. The quantitative estimate of drug-likeness (QED) is 0.152. The van der Waals surface area contributed by atoms with Gasteiger partial charge in [-0.2, -0.15) is 10.4 Å². The number of pyridine rings is 2. The van der Waals surface area contributed by atoms with Crippen LogP contribution in [0, 0.1) is 17.2 Å². The van der Waals surface area contributed by atoms with Crippen LogP contribution in [-0.2, 0) is 9.59 Å². The van der Waals surface area contributed by atoms with E-state index in [1.165, 1.54) is 6.42 Å². The van der Waals surface area contributed by atoms with Crippen molar-refractivity contribution >= 4 is 40.2 Å². The highest BCUT2D eigenvalue weighted by Gasteiger charge is 2.29. The number of nitrogens with zero attached hydrogens (tertiary/aromatic N) is 8. The number of amides is 2. The predicted octanol–water partition coefficient (Wildman–Crippen LogP) is 5.67. The number of nitrogens with one attached hydrogen (secondary N) is 3. The fourth-order valence-electron chi connectivity index (χ4n) is 8.02. The summed E-state index contributed by atoms with van der Waals surface area (Å²) in [6.07, 6.45) is 14.2. The van der Waals surface area contributed by atoms with Gasteiger partial charge < -0.3 is 15.5 Å². The number of nitriles is 1. The van der Waals surface area contributed by atoms with Crippen molar-refractivity contribution in [2.45, 2.75) is 75.7 Å². The molecule has 0 bridgehead atoms. The van der Waals surface area contributed by atoms with E-state index in [0.717, 1.165) is 108 Å². The normalized spacial score (nSPS) is 21.1. The minimum Gasteiger partial charge on any atom is -0.387 e. The summed E-state index contributed by atoms with van der Waals surface area (Å²) < 4.78 is 1.80. The van der Waals surface area contributed by atoms with Crippen LogP contribution in [0.15, 0.2) is 55.0 Å². The molecule has 7 heterocycles. The number of carbonyl (C=O) groups excluding carboxylic acids is 2. The number of fused-ring (bicyclic) bond motifs is 1. The van der Waals surface area contributed by atoms with Crippen LogP contribution in [-0.4, -0.2) is 74.3 Å². The van der Waals surface area contributed by atoms with E-state index >= 15 is 0 Å². The smallest absolute Gasteiger partial charge is 0.234 e. The van der Waals surface area contributed by atoms with E-state index in [4.69, 9.17) is 4.98 Å². The molecule has 0 radical (unpaired) electrons. The molecule has 2 amide bonds. The molecule has 3 aliphatic rings. The van der Waals surface area contributed by atoms with Crippen LogP contribution in [0.1, 0.15) is 85.8 Å². The van der Waals surface area contributed by atoms with E-state index < -0.39 is 0 Å². The molecule has 8 rings (SSSR count). The van der Waals surface area contributed by atoms with Crippen LogP contribution >= 0.6 is 11.3 Å². The van der Waals surface area contributed by atoms with E-state index in [0.29, 0.717) is 36.3 Å². The van der Waals surface area contributed by atoms with Crippen molar-refractivity contribution in [3.8, 4) is 28.0 Å². The Morgan fingerprint density at radius 1 is 0.962 bits per heavy atom. The Morgan fingerprint density at radius 2 is 1.81 bits per heavy atom. The second kappa shape index (κ2) is 15.4. The third-order valence-corrected chi connectivity index (χ3v) is 12.3. The molecule has 1 atom stereocenters. The minimum atomic E-state index is -0.294. The van der Waals surface area contributed by atoms with Crippen molar-refractivity contribution in [2.24, 2.45) is 5.92 Å². The fraction of sp³-hybridized carbons (Fsp3) is 0.436. The third-order valence-electron chi connectivity index (χ3n) is 11.1. The lowest BCUT2D eigenvalue weighted by Gasteiger charge is -2.34. The first-order valence-electron chi connectivity index (χ1n) is 18.6. The van der Waals surface area contributed by atoms with Gasteiger partial charge >= 0.3 is 0 Å². The Hall–Kier alpha value is -5.26. The van der Waals surface area contributed by atoms with Gasteiger partial charge in [-0.15, -0.1) is 10.2 Å². The van der Waals surface area contributed by atoms with Gasteiger partial charge in [-0.25, -0.2) is 9.50 Å². The molecule has 5 aromatic heterocycles. The number of carbonyl (C=O) groups is 2. The highest BCUT2D eigenvalue weighted by Crippen LogP contribution is 2.39.